The fraction of sp³-hybridized carbons (Fsp3) is 0.333. The van der Waals surface area contributed by atoms with Gasteiger partial charge < -0.3 is 20.1 Å². The summed E-state index contributed by atoms with van der Waals surface area (Å²) in [5.74, 6) is 0.245. The molecule has 1 fully saturated rings. The number of aryl methyl sites for hydroxylation is 1. The van der Waals surface area contributed by atoms with E-state index in [1.807, 2.05) is 19.1 Å². The van der Waals surface area contributed by atoms with Crippen LogP contribution in [0.1, 0.15) is 24.0 Å². The molecule has 2 amide bonds. The van der Waals surface area contributed by atoms with Gasteiger partial charge in [-0.1, -0.05) is 0 Å². The number of carbonyl (C=O) groups is 1. The van der Waals surface area contributed by atoms with Crippen molar-refractivity contribution in [2.24, 2.45) is 0 Å². The van der Waals surface area contributed by atoms with Crippen LogP contribution in [-0.2, 0) is 6.42 Å². The minimum Gasteiger partial charge on any atom is -0.485 e. The number of aromatic nitrogens is 3. The first-order valence-corrected chi connectivity index (χ1v) is 11.9. The van der Waals surface area contributed by atoms with Crippen molar-refractivity contribution in [2.45, 2.75) is 38.3 Å². The zero-order valence-corrected chi connectivity index (χ0v) is 19.5. The van der Waals surface area contributed by atoms with Crippen LogP contribution in [0.5, 0.6) is 11.6 Å². The minimum absolute atomic E-state index is 0.211. The molecule has 6 rings (SSSR count). The summed E-state index contributed by atoms with van der Waals surface area (Å²) >= 11 is 1.48. The zero-order chi connectivity index (χ0) is 23.4. The van der Waals surface area contributed by atoms with Gasteiger partial charge in [-0.2, -0.15) is 0 Å². The van der Waals surface area contributed by atoms with Gasteiger partial charge in [-0.05, 0) is 37.5 Å². The number of hydrogen-bond acceptors (Lipinski definition) is 7. The molecule has 174 valence electrons. The van der Waals surface area contributed by atoms with Crippen LogP contribution in [0.25, 0.3) is 31.8 Å². The number of nitrogens with zero attached hydrogens (tertiary/aromatic N) is 3. The predicted molar refractivity (Wildman–Crippen MR) is 127 cm³/mol. The summed E-state index contributed by atoms with van der Waals surface area (Å²) in [6.07, 6.45) is 3.79. The van der Waals surface area contributed by atoms with E-state index in [-0.39, 0.29) is 23.9 Å². The SMILES string of the molecule is COc1cnc2c(-c3nc4cc(F)c5c(c4s3)C[C@@H](CNC(=O)NC3CC3)O5)cc(C)cc2n1. The maximum Gasteiger partial charge on any atom is 0.315 e. The molecule has 1 aliphatic carbocycles. The third-order valence-electron chi connectivity index (χ3n) is 6.01. The molecule has 2 N–H and O–H groups in total. The maximum atomic E-state index is 14.9. The second-order valence-corrected chi connectivity index (χ2v) is 9.70. The van der Waals surface area contributed by atoms with Crippen molar-refractivity contribution in [1.29, 1.82) is 0 Å². The quantitative estimate of drug-likeness (QED) is 0.447. The molecule has 2 aromatic heterocycles. The van der Waals surface area contributed by atoms with E-state index >= 15 is 0 Å². The number of nitrogens with one attached hydrogen (secondary N) is 2. The number of carbonyl (C=O) groups excluding carboxylic acids is 1. The first-order chi connectivity index (χ1) is 16.5. The average molecular weight is 480 g/mol. The first kappa shape index (κ1) is 21.0. The third-order valence-corrected chi connectivity index (χ3v) is 7.17. The van der Waals surface area contributed by atoms with Gasteiger partial charge in [0.25, 0.3) is 0 Å². The van der Waals surface area contributed by atoms with Crippen molar-refractivity contribution in [2.75, 3.05) is 13.7 Å². The Kier molecular flexibility index (Phi) is 4.98. The predicted octanol–water partition coefficient (Wildman–Crippen LogP) is 4.13. The first-order valence-electron chi connectivity index (χ1n) is 11.1. The van der Waals surface area contributed by atoms with Gasteiger partial charge in [-0.3, -0.25) is 0 Å². The number of rotatable bonds is 5. The summed E-state index contributed by atoms with van der Waals surface area (Å²) in [5.41, 5.74) is 4.65. The third kappa shape index (κ3) is 3.77. The molecular weight excluding hydrogens is 457 g/mol. The lowest BCUT2D eigenvalue weighted by molar-refractivity contribution is 0.209. The standard InChI is InChI=1S/C24H22FN5O3S/c1-11-5-14(20-17(6-11)29-19(32-2)10-26-20)23-30-18-8-16(25)21-15(22(18)34-23)7-13(33-21)9-27-24(31)28-12-3-4-12/h5-6,8,10,12-13H,3-4,7,9H2,1-2H3,(H2,27,28,31)/t13-/m0/s1. The van der Waals surface area contributed by atoms with Gasteiger partial charge >= 0.3 is 6.03 Å². The van der Waals surface area contributed by atoms with Crippen molar-refractivity contribution < 1.29 is 18.7 Å². The number of urea groups is 1. The largest absolute Gasteiger partial charge is 0.485 e. The summed E-state index contributed by atoms with van der Waals surface area (Å²) < 4.78 is 26.9. The minimum atomic E-state index is -0.442. The Balaban J connectivity index is 1.33. The number of fused-ring (bicyclic) bond motifs is 4. The molecule has 8 nitrogen and oxygen atoms in total. The van der Waals surface area contributed by atoms with Crippen LogP contribution < -0.4 is 20.1 Å². The van der Waals surface area contributed by atoms with E-state index in [1.54, 1.807) is 13.3 Å². The molecule has 2 aliphatic rings. The number of benzene rings is 2. The van der Waals surface area contributed by atoms with Gasteiger partial charge in [0.05, 0.1) is 41.1 Å². The highest BCUT2D eigenvalue weighted by molar-refractivity contribution is 7.22. The fourth-order valence-electron chi connectivity index (χ4n) is 4.24. The summed E-state index contributed by atoms with van der Waals surface area (Å²) in [7, 11) is 1.56. The molecular formula is C24H22FN5O3S. The summed E-state index contributed by atoms with van der Waals surface area (Å²) in [6, 6.07) is 5.44. The van der Waals surface area contributed by atoms with E-state index in [9.17, 15) is 9.18 Å². The van der Waals surface area contributed by atoms with E-state index in [0.29, 0.717) is 35.4 Å². The molecule has 1 saturated carbocycles. The van der Waals surface area contributed by atoms with Crippen molar-refractivity contribution >= 4 is 38.6 Å². The van der Waals surface area contributed by atoms with Gasteiger partial charge in [0.15, 0.2) is 11.6 Å². The van der Waals surface area contributed by atoms with Crippen molar-refractivity contribution in [3.05, 3.63) is 41.3 Å². The molecule has 1 aliphatic heterocycles. The Hall–Kier alpha value is -3.53. The van der Waals surface area contributed by atoms with Crippen molar-refractivity contribution in [1.82, 2.24) is 25.6 Å². The molecule has 2 aromatic carbocycles. The van der Waals surface area contributed by atoms with E-state index in [4.69, 9.17) is 14.5 Å². The van der Waals surface area contributed by atoms with Gasteiger partial charge in [0, 0.05) is 29.7 Å². The van der Waals surface area contributed by atoms with Crippen LogP contribution in [0, 0.1) is 12.7 Å². The number of hydrogen-bond donors (Lipinski definition) is 2. The van der Waals surface area contributed by atoms with Gasteiger partial charge in [0.2, 0.25) is 5.88 Å². The van der Waals surface area contributed by atoms with Crippen LogP contribution in [-0.4, -0.2) is 46.8 Å². The van der Waals surface area contributed by atoms with Crippen LogP contribution in [0.3, 0.4) is 0 Å². The summed E-state index contributed by atoms with van der Waals surface area (Å²) in [5, 5.41) is 6.45. The number of amides is 2. The Morgan fingerprint density at radius 2 is 2.12 bits per heavy atom. The zero-order valence-electron chi connectivity index (χ0n) is 18.6. The lowest BCUT2D eigenvalue weighted by Gasteiger charge is -2.12. The van der Waals surface area contributed by atoms with Gasteiger partial charge in [0.1, 0.15) is 11.1 Å². The summed E-state index contributed by atoms with van der Waals surface area (Å²) in [6.45, 7) is 2.29. The van der Waals surface area contributed by atoms with Crippen LogP contribution in [0.4, 0.5) is 9.18 Å². The lowest BCUT2D eigenvalue weighted by atomic mass is 10.1. The highest BCUT2D eigenvalue weighted by Crippen LogP contribution is 2.43. The fourth-order valence-corrected chi connectivity index (χ4v) is 5.35. The molecule has 10 heteroatoms. The molecule has 34 heavy (non-hydrogen) atoms. The molecule has 1 atom stereocenters. The Bertz CT molecular complexity index is 1450. The van der Waals surface area contributed by atoms with Crippen molar-refractivity contribution in [3.63, 3.8) is 0 Å². The molecule has 3 heterocycles. The van der Waals surface area contributed by atoms with Crippen LogP contribution >= 0.6 is 11.3 Å². The summed E-state index contributed by atoms with van der Waals surface area (Å²) in [4.78, 5) is 25.7. The number of methoxy groups -OCH3 is 1. The molecule has 0 saturated heterocycles. The number of halogens is 1. The maximum absolute atomic E-state index is 14.9. The molecule has 0 spiro atoms. The smallest absolute Gasteiger partial charge is 0.315 e. The molecule has 0 unspecified atom stereocenters. The topological polar surface area (TPSA) is 98.3 Å². The highest BCUT2D eigenvalue weighted by atomic mass is 32.1. The van der Waals surface area contributed by atoms with E-state index in [2.05, 4.69) is 20.6 Å². The average Bonchev–Trinajstić information content (AvgIpc) is 3.36. The number of ether oxygens (including phenoxy) is 2. The highest BCUT2D eigenvalue weighted by Gasteiger charge is 2.31. The van der Waals surface area contributed by atoms with Crippen LogP contribution in [0.2, 0.25) is 0 Å². The Labute approximate surface area is 198 Å². The second kappa shape index (κ2) is 8.05. The lowest BCUT2D eigenvalue weighted by Crippen LogP contribution is -2.41. The van der Waals surface area contributed by atoms with Gasteiger partial charge in [-0.15, -0.1) is 11.3 Å². The van der Waals surface area contributed by atoms with Gasteiger partial charge in [-0.25, -0.2) is 24.1 Å². The second-order valence-electron chi connectivity index (χ2n) is 8.70. The van der Waals surface area contributed by atoms with E-state index < -0.39 is 5.82 Å². The normalized spacial score (nSPS) is 17.0. The molecule has 4 aromatic rings. The molecule has 0 bridgehead atoms. The van der Waals surface area contributed by atoms with E-state index in [0.717, 1.165) is 39.2 Å². The van der Waals surface area contributed by atoms with E-state index in [1.165, 1.54) is 17.4 Å². The number of thiazole rings is 1. The Morgan fingerprint density at radius 1 is 1.26 bits per heavy atom. The molecule has 0 radical (unpaired) electrons. The Morgan fingerprint density at radius 3 is 2.91 bits per heavy atom. The monoisotopic (exact) mass is 479 g/mol. The van der Waals surface area contributed by atoms with Crippen LogP contribution in [0.15, 0.2) is 24.4 Å². The van der Waals surface area contributed by atoms with Crippen molar-refractivity contribution in [3.8, 4) is 22.2 Å².